The first-order valence-electron chi connectivity index (χ1n) is 9.53. The third kappa shape index (κ3) is 2.43. The van der Waals surface area contributed by atoms with Crippen molar-refractivity contribution in [3.63, 3.8) is 0 Å². The summed E-state index contributed by atoms with van der Waals surface area (Å²) in [7, 11) is 2.03. The van der Waals surface area contributed by atoms with Gasteiger partial charge >= 0.3 is 0 Å². The standard InChI is InChI=1S/C19H26N2O2S/c1-21(17-13-6-11-5-12(8-13)9-14(17)7-11)19(22)16-10-20-18(24-16)15-3-2-4-23-15/h10-15,17H,2-9H2,1H3. The molecule has 1 atom stereocenters. The molecule has 1 saturated heterocycles. The smallest absolute Gasteiger partial charge is 0.265 e. The summed E-state index contributed by atoms with van der Waals surface area (Å²) in [6.07, 6.45) is 10.9. The van der Waals surface area contributed by atoms with Gasteiger partial charge in [0.15, 0.2) is 0 Å². The molecule has 4 saturated carbocycles. The van der Waals surface area contributed by atoms with Crippen LogP contribution in [-0.2, 0) is 4.74 Å². The van der Waals surface area contributed by atoms with Gasteiger partial charge in [-0.05, 0) is 68.6 Å². The monoisotopic (exact) mass is 346 g/mol. The number of ether oxygens (including phenoxy) is 1. The van der Waals surface area contributed by atoms with Gasteiger partial charge in [-0.1, -0.05) is 0 Å². The van der Waals surface area contributed by atoms with Gasteiger partial charge in [0.2, 0.25) is 0 Å². The number of nitrogens with zero attached hydrogens (tertiary/aromatic N) is 2. The zero-order valence-corrected chi connectivity index (χ0v) is 15.1. The predicted octanol–water partition coefficient (Wildman–Crippen LogP) is 3.89. The molecule has 0 aromatic carbocycles. The molecule has 1 aromatic heterocycles. The molecule has 4 bridgehead atoms. The molecule has 4 nitrogen and oxygen atoms in total. The van der Waals surface area contributed by atoms with Crippen molar-refractivity contribution < 1.29 is 9.53 Å². The van der Waals surface area contributed by atoms with Crippen molar-refractivity contribution in [3.8, 4) is 0 Å². The molecule has 0 spiro atoms. The van der Waals surface area contributed by atoms with E-state index in [0.29, 0.717) is 6.04 Å². The molecule has 2 heterocycles. The van der Waals surface area contributed by atoms with E-state index in [-0.39, 0.29) is 12.0 Å². The molecule has 130 valence electrons. The second-order valence-electron chi connectivity index (χ2n) is 8.40. The second-order valence-corrected chi connectivity index (χ2v) is 9.46. The number of thiazole rings is 1. The number of hydrogen-bond acceptors (Lipinski definition) is 4. The van der Waals surface area contributed by atoms with Crippen LogP contribution < -0.4 is 0 Å². The molecule has 6 rings (SSSR count). The minimum Gasteiger partial charge on any atom is -0.371 e. The van der Waals surface area contributed by atoms with Crippen LogP contribution in [0.4, 0.5) is 0 Å². The van der Waals surface area contributed by atoms with Crippen LogP contribution >= 0.6 is 11.3 Å². The van der Waals surface area contributed by atoms with Crippen molar-refractivity contribution in [1.29, 1.82) is 0 Å². The van der Waals surface area contributed by atoms with E-state index < -0.39 is 0 Å². The molecule has 24 heavy (non-hydrogen) atoms. The number of aromatic nitrogens is 1. The minimum absolute atomic E-state index is 0.114. The highest BCUT2D eigenvalue weighted by Gasteiger charge is 2.50. The Morgan fingerprint density at radius 1 is 1.21 bits per heavy atom. The molecule has 1 unspecified atom stereocenters. The average Bonchev–Trinajstić information content (AvgIpc) is 3.24. The molecule has 5 fully saturated rings. The van der Waals surface area contributed by atoms with E-state index in [4.69, 9.17) is 4.74 Å². The molecule has 1 aliphatic heterocycles. The lowest BCUT2D eigenvalue weighted by molar-refractivity contribution is -0.0489. The first kappa shape index (κ1) is 15.3. The number of rotatable bonds is 3. The van der Waals surface area contributed by atoms with Crippen molar-refractivity contribution in [2.45, 2.75) is 57.1 Å². The van der Waals surface area contributed by atoms with Gasteiger partial charge in [-0.3, -0.25) is 4.79 Å². The zero-order valence-electron chi connectivity index (χ0n) is 14.3. The molecule has 1 aromatic rings. The Bertz CT molecular complexity index is 609. The molecule has 4 aliphatic carbocycles. The summed E-state index contributed by atoms with van der Waals surface area (Å²) in [5, 5.41) is 0.981. The van der Waals surface area contributed by atoms with Crippen LogP contribution in [0.3, 0.4) is 0 Å². The highest BCUT2D eigenvalue weighted by atomic mass is 32.1. The van der Waals surface area contributed by atoms with Gasteiger partial charge in [0.1, 0.15) is 16.0 Å². The van der Waals surface area contributed by atoms with Crippen LogP contribution in [0.15, 0.2) is 6.20 Å². The first-order chi connectivity index (χ1) is 11.7. The number of hydrogen-bond donors (Lipinski definition) is 0. The normalized spacial score (nSPS) is 40.2. The Kier molecular flexibility index (Phi) is 3.71. The van der Waals surface area contributed by atoms with Crippen LogP contribution in [0, 0.1) is 23.7 Å². The van der Waals surface area contributed by atoms with E-state index in [0.717, 1.165) is 53.0 Å². The summed E-state index contributed by atoms with van der Waals surface area (Å²) in [6.45, 7) is 0.821. The van der Waals surface area contributed by atoms with Crippen LogP contribution in [0.2, 0.25) is 0 Å². The third-order valence-corrected chi connectivity index (χ3v) is 7.96. The number of carbonyl (C=O) groups is 1. The fourth-order valence-electron chi connectivity index (χ4n) is 6.15. The maximum atomic E-state index is 13.1. The molecule has 1 amide bonds. The predicted molar refractivity (Wildman–Crippen MR) is 93.0 cm³/mol. The van der Waals surface area contributed by atoms with E-state index in [1.807, 2.05) is 7.05 Å². The Labute approximate surface area is 147 Å². The lowest BCUT2D eigenvalue weighted by atomic mass is 9.54. The van der Waals surface area contributed by atoms with Crippen molar-refractivity contribution >= 4 is 17.2 Å². The fourth-order valence-corrected chi connectivity index (χ4v) is 7.13. The summed E-state index contributed by atoms with van der Waals surface area (Å²) < 4.78 is 5.71. The summed E-state index contributed by atoms with van der Waals surface area (Å²) in [5.74, 6) is 3.54. The quantitative estimate of drug-likeness (QED) is 0.834. The topological polar surface area (TPSA) is 42.4 Å². The zero-order chi connectivity index (χ0) is 16.3. The van der Waals surface area contributed by atoms with Gasteiger partial charge in [-0.15, -0.1) is 11.3 Å². The van der Waals surface area contributed by atoms with Crippen LogP contribution in [0.25, 0.3) is 0 Å². The lowest BCUT2D eigenvalue weighted by Crippen LogP contribution is -2.56. The van der Waals surface area contributed by atoms with Gasteiger partial charge in [-0.25, -0.2) is 4.98 Å². The van der Waals surface area contributed by atoms with E-state index >= 15 is 0 Å². The van der Waals surface area contributed by atoms with Gasteiger partial charge in [0.05, 0.1) is 6.20 Å². The number of carbonyl (C=O) groups excluding carboxylic acids is 1. The van der Waals surface area contributed by atoms with Crippen LogP contribution in [-0.4, -0.2) is 35.5 Å². The minimum atomic E-state index is 0.114. The lowest BCUT2D eigenvalue weighted by Gasteiger charge is -2.56. The molecule has 5 heteroatoms. The van der Waals surface area contributed by atoms with Gasteiger partial charge in [0, 0.05) is 19.7 Å². The van der Waals surface area contributed by atoms with Gasteiger partial charge in [0.25, 0.3) is 5.91 Å². The Balaban J connectivity index is 1.33. The largest absolute Gasteiger partial charge is 0.371 e. The maximum Gasteiger partial charge on any atom is 0.265 e. The Morgan fingerprint density at radius 3 is 2.54 bits per heavy atom. The van der Waals surface area contributed by atoms with Crippen LogP contribution in [0.1, 0.15) is 65.7 Å². The number of amides is 1. The average molecular weight is 346 g/mol. The van der Waals surface area contributed by atoms with Crippen molar-refractivity contribution in [1.82, 2.24) is 9.88 Å². The molecule has 0 radical (unpaired) electrons. The Morgan fingerprint density at radius 2 is 1.92 bits per heavy atom. The van der Waals surface area contributed by atoms with Crippen molar-refractivity contribution in [2.75, 3.05) is 13.7 Å². The molecule has 5 aliphatic rings. The Hall–Kier alpha value is -0.940. The summed E-state index contributed by atoms with van der Waals surface area (Å²) in [6, 6.07) is 0.457. The summed E-state index contributed by atoms with van der Waals surface area (Å²) in [4.78, 5) is 20.4. The molecular formula is C19H26N2O2S. The van der Waals surface area contributed by atoms with Gasteiger partial charge in [-0.2, -0.15) is 0 Å². The highest BCUT2D eigenvalue weighted by Crippen LogP contribution is 2.55. The van der Waals surface area contributed by atoms with Crippen molar-refractivity contribution in [2.24, 2.45) is 23.7 Å². The molecular weight excluding hydrogens is 320 g/mol. The van der Waals surface area contributed by atoms with Gasteiger partial charge < -0.3 is 9.64 Å². The summed E-state index contributed by atoms with van der Waals surface area (Å²) >= 11 is 1.54. The van der Waals surface area contributed by atoms with E-state index in [1.165, 1.54) is 32.1 Å². The van der Waals surface area contributed by atoms with E-state index in [1.54, 1.807) is 17.5 Å². The third-order valence-electron chi connectivity index (χ3n) is 6.88. The van der Waals surface area contributed by atoms with E-state index in [9.17, 15) is 4.79 Å². The maximum absolute atomic E-state index is 13.1. The SMILES string of the molecule is CN(C(=O)c1cnc(C2CCCO2)s1)C1C2CC3CC(C2)CC1C3. The van der Waals surface area contributed by atoms with Crippen molar-refractivity contribution in [3.05, 3.63) is 16.1 Å². The fraction of sp³-hybridized carbons (Fsp3) is 0.789. The molecule has 0 N–H and O–H groups in total. The second kappa shape index (κ2) is 5.80. The summed E-state index contributed by atoms with van der Waals surface area (Å²) in [5.41, 5.74) is 0. The first-order valence-corrected chi connectivity index (χ1v) is 10.3. The van der Waals surface area contributed by atoms with E-state index in [2.05, 4.69) is 9.88 Å². The highest BCUT2D eigenvalue weighted by molar-refractivity contribution is 7.13. The van der Waals surface area contributed by atoms with Crippen LogP contribution in [0.5, 0.6) is 0 Å².